The third-order valence-electron chi connectivity index (χ3n) is 11.4. The molecule has 0 aliphatic carbocycles. The van der Waals surface area contributed by atoms with Gasteiger partial charge >= 0.3 is 14.2 Å². The monoisotopic (exact) mass is 669 g/mol. The van der Waals surface area contributed by atoms with Gasteiger partial charge in [0.15, 0.2) is 0 Å². The molecule has 2 aromatic carbocycles. The van der Waals surface area contributed by atoms with Crippen LogP contribution in [-0.4, -0.2) is 48.0 Å². The first-order chi connectivity index (χ1) is 23.7. The Morgan fingerprint density at radius 3 is 1.14 bits per heavy atom. The van der Waals surface area contributed by atoms with Gasteiger partial charge in [-0.25, -0.2) is 0 Å². The van der Waals surface area contributed by atoms with Crippen molar-refractivity contribution in [1.82, 2.24) is 13.7 Å². The zero-order valence-corrected chi connectivity index (χ0v) is 31.1. The minimum atomic E-state index is -1.53. The van der Waals surface area contributed by atoms with Crippen LogP contribution in [-0.2, 0) is 19.6 Å². The molecule has 0 saturated carbocycles. The molecule has 0 aliphatic heterocycles. The van der Waals surface area contributed by atoms with Crippen molar-refractivity contribution >= 4 is 69.0 Å². The van der Waals surface area contributed by atoms with Crippen LogP contribution < -0.4 is 10.9 Å². The minimum Gasteiger partial charge on any atom is -0.423 e. The SMILES string of the molecule is CCCCC(CC)Cn1c2cc(B(O)O)ccc2c2c1c1c(c3ccc(B(O)O)cc3n1CC(CC)CCCC)n2CC(CC)CCCC. The van der Waals surface area contributed by atoms with E-state index in [9.17, 15) is 20.1 Å². The van der Waals surface area contributed by atoms with E-state index in [1.807, 2.05) is 24.3 Å². The van der Waals surface area contributed by atoms with Gasteiger partial charge in [-0.3, -0.25) is 0 Å². The zero-order chi connectivity index (χ0) is 35.2. The van der Waals surface area contributed by atoms with Gasteiger partial charge in [-0.1, -0.05) is 124 Å². The summed E-state index contributed by atoms with van der Waals surface area (Å²) in [6, 6.07) is 12.0. The number of hydrogen-bond acceptors (Lipinski definition) is 4. The fourth-order valence-corrected chi connectivity index (χ4v) is 8.24. The summed E-state index contributed by atoms with van der Waals surface area (Å²) in [6.07, 6.45) is 13.9. The maximum Gasteiger partial charge on any atom is 0.488 e. The second-order valence-corrected chi connectivity index (χ2v) is 14.8. The largest absolute Gasteiger partial charge is 0.488 e. The lowest BCUT2D eigenvalue weighted by atomic mass is 9.80. The molecule has 9 heteroatoms. The highest BCUT2D eigenvalue weighted by Gasteiger charge is 2.30. The van der Waals surface area contributed by atoms with Crippen molar-refractivity contribution in [2.24, 2.45) is 17.8 Å². The van der Waals surface area contributed by atoms with Crippen molar-refractivity contribution in [3.63, 3.8) is 0 Å². The van der Waals surface area contributed by atoms with Crippen LogP contribution in [0.5, 0.6) is 0 Å². The average Bonchev–Trinajstić information content (AvgIpc) is 3.71. The number of hydrogen-bond donors (Lipinski definition) is 4. The fourth-order valence-electron chi connectivity index (χ4n) is 8.24. The molecule has 4 N–H and O–H groups in total. The highest BCUT2D eigenvalue weighted by molar-refractivity contribution is 6.59. The van der Waals surface area contributed by atoms with E-state index in [2.05, 4.69) is 67.4 Å². The van der Waals surface area contributed by atoms with Gasteiger partial charge in [-0.05, 0) is 60.1 Å². The predicted molar refractivity (Wildman–Crippen MR) is 210 cm³/mol. The van der Waals surface area contributed by atoms with Gasteiger partial charge in [0, 0.05) is 30.4 Å². The topological polar surface area (TPSA) is 95.7 Å². The number of unbranched alkanes of at least 4 members (excludes halogenated alkanes) is 3. The molecule has 0 amide bonds. The Labute approximate surface area is 294 Å². The van der Waals surface area contributed by atoms with Crippen LogP contribution in [0.3, 0.4) is 0 Å². The molecule has 3 unspecified atom stereocenters. The second-order valence-electron chi connectivity index (χ2n) is 14.8. The molecular weight excluding hydrogens is 608 g/mol. The van der Waals surface area contributed by atoms with Crippen LogP contribution in [0, 0.1) is 17.8 Å². The van der Waals surface area contributed by atoms with Crippen molar-refractivity contribution in [2.45, 2.75) is 138 Å². The highest BCUT2D eigenvalue weighted by Crippen LogP contribution is 2.43. The lowest BCUT2D eigenvalue weighted by Crippen LogP contribution is -2.29. The maximum absolute atomic E-state index is 10.3. The first-order valence-corrected chi connectivity index (χ1v) is 19.5. The highest BCUT2D eigenvalue weighted by atomic mass is 16.4. The van der Waals surface area contributed by atoms with E-state index in [1.165, 1.54) is 67.0 Å². The molecule has 266 valence electrons. The predicted octanol–water partition coefficient (Wildman–Crippen LogP) is 7.71. The van der Waals surface area contributed by atoms with E-state index in [4.69, 9.17) is 0 Å². The molecule has 7 nitrogen and oxygen atoms in total. The standard InChI is InChI=1S/C40H61B2N3O4/c1-7-13-16-28(10-4)25-43-35-23-31(41(46)47)19-21-33(35)37-39(43)40-38(45(37)27-30(12-6)18-15-9-3)34-22-20-32(42(48)49)24-36(34)44(40)26-29(11-5)17-14-8-2/h19-24,28-30,46-49H,7-18,25-27H2,1-6H3. The van der Waals surface area contributed by atoms with E-state index < -0.39 is 14.2 Å². The molecule has 5 aromatic rings. The second kappa shape index (κ2) is 17.0. The Hall–Kier alpha value is -2.71. The van der Waals surface area contributed by atoms with E-state index in [0.717, 1.165) is 73.5 Å². The molecule has 49 heavy (non-hydrogen) atoms. The Bertz CT molecular complexity index is 1700. The van der Waals surface area contributed by atoms with Crippen LogP contribution in [0.1, 0.15) is 119 Å². The molecule has 0 bridgehead atoms. The van der Waals surface area contributed by atoms with Crippen molar-refractivity contribution in [2.75, 3.05) is 0 Å². The van der Waals surface area contributed by atoms with Gasteiger partial charge in [-0.2, -0.15) is 0 Å². The number of aromatic nitrogens is 3. The van der Waals surface area contributed by atoms with Gasteiger partial charge in [0.05, 0.1) is 33.1 Å². The van der Waals surface area contributed by atoms with Gasteiger partial charge in [0.25, 0.3) is 0 Å². The summed E-state index contributed by atoms with van der Waals surface area (Å²) in [6.45, 7) is 16.3. The molecule has 3 aromatic heterocycles. The maximum atomic E-state index is 10.3. The number of fused-ring (bicyclic) bond motifs is 7. The first kappa shape index (κ1) is 37.5. The number of benzene rings is 2. The smallest absolute Gasteiger partial charge is 0.423 e. The average molecular weight is 670 g/mol. The Balaban J connectivity index is 1.95. The summed E-state index contributed by atoms with van der Waals surface area (Å²) in [4.78, 5) is 0. The summed E-state index contributed by atoms with van der Waals surface area (Å²) >= 11 is 0. The Morgan fingerprint density at radius 1 is 0.490 bits per heavy atom. The van der Waals surface area contributed by atoms with Crippen LogP contribution in [0.15, 0.2) is 36.4 Å². The number of rotatable bonds is 20. The molecular formula is C40H61B2N3O4. The van der Waals surface area contributed by atoms with Crippen LogP contribution >= 0.6 is 0 Å². The fraction of sp³-hybridized carbons (Fsp3) is 0.600. The van der Waals surface area contributed by atoms with Gasteiger partial charge in [-0.15, -0.1) is 0 Å². The van der Waals surface area contributed by atoms with Gasteiger partial charge in [0.1, 0.15) is 0 Å². The molecule has 0 aliphatic rings. The molecule has 0 fully saturated rings. The van der Waals surface area contributed by atoms with Crippen molar-refractivity contribution in [3.05, 3.63) is 36.4 Å². The summed E-state index contributed by atoms with van der Waals surface area (Å²) in [5.74, 6) is 1.51. The third kappa shape index (κ3) is 7.66. The lowest BCUT2D eigenvalue weighted by Gasteiger charge is -2.19. The normalized spacial score (nSPS) is 14.1. The zero-order valence-electron chi connectivity index (χ0n) is 31.1. The summed E-state index contributed by atoms with van der Waals surface area (Å²) < 4.78 is 7.61. The summed E-state index contributed by atoms with van der Waals surface area (Å²) in [7, 11) is -3.07. The molecule has 3 atom stereocenters. The van der Waals surface area contributed by atoms with E-state index >= 15 is 0 Å². The lowest BCUT2D eigenvalue weighted by molar-refractivity contribution is 0.398. The molecule has 3 heterocycles. The summed E-state index contributed by atoms with van der Waals surface area (Å²) in [5, 5.41) is 43.5. The quantitative estimate of drug-likeness (QED) is 0.0639. The molecule has 0 spiro atoms. The first-order valence-electron chi connectivity index (χ1n) is 19.5. The van der Waals surface area contributed by atoms with E-state index in [-0.39, 0.29) is 0 Å². The van der Waals surface area contributed by atoms with Crippen LogP contribution in [0.4, 0.5) is 0 Å². The Morgan fingerprint density at radius 2 is 0.837 bits per heavy atom. The van der Waals surface area contributed by atoms with Crippen LogP contribution in [0.2, 0.25) is 0 Å². The van der Waals surface area contributed by atoms with Crippen LogP contribution in [0.25, 0.3) is 43.9 Å². The summed E-state index contributed by atoms with van der Waals surface area (Å²) in [5.41, 5.74) is 8.07. The van der Waals surface area contributed by atoms with E-state index in [0.29, 0.717) is 28.7 Å². The van der Waals surface area contributed by atoms with Crippen molar-refractivity contribution in [1.29, 1.82) is 0 Å². The van der Waals surface area contributed by atoms with E-state index in [1.54, 1.807) is 0 Å². The Kier molecular flexibility index (Phi) is 13.0. The minimum absolute atomic E-state index is 0.495. The molecule has 0 radical (unpaired) electrons. The number of nitrogens with zero attached hydrogens (tertiary/aromatic N) is 3. The molecule has 0 saturated heterocycles. The third-order valence-corrected chi connectivity index (χ3v) is 11.4. The van der Waals surface area contributed by atoms with Gasteiger partial charge in [0.2, 0.25) is 0 Å². The van der Waals surface area contributed by atoms with Gasteiger partial charge < -0.3 is 33.8 Å². The van der Waals surface area contributed by atoms with Crippen molar-refractivity contribution < 1.29 is 20.1 Å². The van der Waals surface area contributed by atoms with Crippen molar-refractivity contribution in [3.8, 4) is 0 Å². The molecule has 5 rings (SSSR count).